The van der Waals surface area contributed by atoms with E-state index in [1.165, 1.54) is 0 Å². The third kappa shape index (κ3) is 2.41. The molecule has 0 aromatic carbocycles. The van der Waals surface area contributed by atoms with Crippen LogP contribution in [0.1, 0.15) is 28.9 Å². The number of aromatic nitrogens is 2. The van der Waals surface area contributed by atoms with E-state index >= 15 is 0 Å². The van der Waals surface area contributed by atoms with E-state index in [1.54, 1.807) is 18.7 Å². The fraction of sp³-hybridized carbons (Fsp3) is 0.636. The van der Waals surface area contributed by atoms with Crippen molar-refractivity contribution < 1.29 is 14.6 Å². The third-order valence-electron chi connectivity index (χ3n) is 2.94. The summed E-state index contributed by atoms with van der Waals surface area (Å²) in [6, 6.07) is 0.164. The van der Waals surface area contributed by atoms with Crippen LogP contribution in [0, 0.1) is 6.92 Å². The van der Waals surface area contributed by atoms with Crippen molar-refractivity contribution in [3.63, 3.8) is 0 Å². The second kappa shape index (κ2) is 4.75. The van der Waals surface area contributed by atoms with Crippen molar-refractivity contribution >= 4 is 11.8 Å². The van der Waals surface area contributed by atoms with Crippen molar-refractivity contribution in [1.29, 1.82) is 0 Å². The zero-order valence-electron chi connectivity index (χ0n) is 10.1. The van der Waals surface area contributed by atoms with Gasteiger partial charge in [-0.15, -0.1) is 0 Å². The van der Waals surface area contributed by atoms with Gasteiger partial charge in [-0.3, -0.25) is 4.68 Å². The van der Waals surface area contributed by atoms with E-state index in [0.717, 1.165) is 19.4 Å². The van der Waals surface area contributed by atoms with Crippen LogP contribution in [-0.2, 0) is 11.8 Å². The Labute approximate surface area is 99.6 Å². The Morgan fingerprint density at radius 3 is 3.00 bits per heavy atom. The van der Waals surface area contributed by atoms with Crippen LogP contribution >= 0.6 is 0 Å². The molecule has 2 N–H and O–H groups in total. The molecule has 0 amide bonds. The molecule has 0 aliphatic carbocycles. The molecule has 1 fully saturated rings. The molecule has 0 saturated carbocycles. The van der Waals surface area contributed by atoms with Crippen molar-refractivity contribution in [2.75, 3.05) is 18.5 Å². The van der Waals surface area contributed by atoms with Gasteiger partial charge in [-0.1, -0.05) is 0 Å². The van der Waals surface area contributed by atoms with Gasteiger partial charge in [-0.05, 0) is 19.8 Å². The van der Waals surface area contributed by atoms with E-state index in [9.17, 15) is 4.79 Å². The van der Waals surface area contributed by atoms with Gasteiger partial charge in [0.25, 0.3) is 0 Å². The first-order valence-electron chi connectivity index (χ1n) is 5.70. The summed E-state index contributed by atoms with van der Waals surface area (Å²) in [6.07, 6.45) is 1.99. The van der Waals surface area contributed by atoms with Crippen molar-refractivity contribution in [3.05, 3.63) is 11.3 Å². The molecular weight excluding hydrogens is 222 g/mol. The van der Waals surface area contributed by atoms with Gasteiger partial charge in [0.05, 0.1) is 18.3 Å². The minimum absolute atomic E-state index is 0.164. The minimum Gasteiger partial charge on any atom is -0.477 e. The van der Waals surface area contributed by atoms with E-state index in [-0.39, 0.29) is 11.6 Å². The molecule has 1 aliphatic rings. The molecule has 1 aliphatic heterocycles. The lowest BCUT2D eigenvalue weighted by Crippen LogP contribution is -2.31. The van der Waals surface area contributed by atoms with E-state index in [1.807, 2.05) is 0 Å². The van der Waals surface area contributed by atoms with Gasteiger partial charge in [0.2, 0.25) is 0 Å². The molecular formula is C11H17N3O3. The fourth-order valence-electron chi connectivity index (χ4n) is 2.13. The Hall–Kier alpha value is -1.56. The molecule has 6 heteroatoms. The molecule has 6 nitrogen and oxygen atoms in total. The number of rotatable bonds is 3. The van der Waals surface area contributed by atoms with Gasteiger partial charge in [0.1, 0.15) is 11.4 Å². The lowest BCUT2D eigenvalue weighted by atomic mass is 10.1. The summed E-state index contributed by atoms with van der Waals surface area (Å²) >= 11 is 0. The molecule has 2 rings (SSSR count). The lowest BCUT2D eigenvalue weighted by Gasteiger charge is -2.24. The number of anilines is 1. The van der Waals surface area contributed by atoms with E-state index in [0.29, 0.717) is 18.1 Å². The average Bonchev–Trinajstić information content (AvgIpc) is 2.55. The minimum atomic E-state index is -0.949. The zero-order valence-corrected chi connectivity index (χ0v) is 10.1. The van der Waals surface area contributed by atoms with Gasteiger partial charge in [-0.2, -0.15) is 5.10 Å². The molecule has 1 saturated heterocycles. The number of nitrogens with zero attached hydrogens (tertiary/aromatic N) is 2. The molecule has 1 atom stereocenters. The topological polar surface area (TPSA) is 76.4 Å². The molecule has 1 unspecified atom stereocenters. The highest BCUT2D eigenvalue weighted by Crippen LogP contribution is 2.21. The summed E-state index contributed by atoms with van der Waals surface area (Å²) < 4.78 is 6.94. The Morgan fingerprint density at radius 2 is 2.41 bits per heavy atom. The van der Waals surface area contributed by atoms with Crippen LogP contribution in [0.15, 0.2) is 0 Å². The Morgan fingerprint density at radius 1 is 1.65 bits per heavy atom. The SMILES string of the molecule is Cc1nn(C)c(NC2CCCOC2)c1C(=O)O. The van der Waals surface area contributed by atoms with Gasteiger partial charge in [-0.25, -0.2) is 4.79 Å². The second-order valence-electron chi connectivity index (χ2n) is 4.30. The average molecular weight is 239 g/mol. The number of carboxylic acids is 1. The van der Waals surface area contributed by atoms with Gasteiger partial charge in [0, 0.05) is 13.7 Å². The van der Waals surface area contributed by atoms with Gasteiger partial charge >= 0.3 is 5.97 Å². The number of nitrogens with one attached hydrogen (secondary N) is 1. The fourth-order valence-corrected chi connectivity index (χ4v) is 2.13. The van der Waals surface area contributed by atoms with Crippen LogP contribution in [0.2, 0.25) is 0 Å². The standard InChI is InChI=1S/C11H17N3O3/c1-7-9(11(15)16)10(14(2)13-7)12-8-4-3-5-17-6-8/h8,12H,3-6H2,1-2H3,(H,15,16). The number of hydrogen-bond donors (Lipinski definition) is 2. The number of aryl methyl sites for hydroxylation is 2. The Balaban J connectivity index is 2.21. The molecule has 1 aromatic rings. The molecule has 0 radical (unpaired) electrons. The van der Waals surface area contributed by atoms with Crippen molar-refractivity contribution in [3.8, 4) is 0 Å². The van der Waals surface area contributed by atoms with Crippen LogP contribution in [0.25, 0.3) is 0 Å². The summed E-state index contributed by atoms with van der Waals surface area (Å²) in [5.41, 5.74) is 0.775. The summed E-state index contributed by atoms with van der Waals surface area (Å²) in [7, 11) is 1.74. The molecule has 2 heterocycles. The third-order valence-corrected chi connectivity index (χ3v) is 2.94. The highest BCUT2D eigenvalue weighted by Gasteiger charge is 2.23. The number of hydrogen-bond acceptors (Lipinski definition) is 4. The molecule has 0 spiro atoms. The Bertz CT molecular complexity index is 422. The van der Waals surface area contributed by atoms with E-state index < -0.39 is 5.97 Å². The van der Waals surface area contributed by atoms with Crippen LogP contribution in [0.4, 0.5) is 5.82 Å². The predicted octanol–water partition coefficient (Wildman–Crippen LogP) is 1.02. The molecule has 94 valence electrons. The van der Waals surface area contributed by atoms with Gasteiger partial charge in [0.15, 0.2) is 0 Å². The highest BCUT2D eigenvalue weighted by molar-refractivity contribution is 5.94. The largest absolute Gasteiger partial charge is 0.477 e. The first-order chi connectivity index (χ1) is 8.09. The summed E-state index contributed by atoms with van der Waals surface area (Å²) in [5.74, 6) is -0.389. The number of carboxylic acid groups (broad SMARTS) is 1. The summed E-state index contributed by atoms with van der Waals surface area (Å²) in [5, 5.41) is 16.5. The first-order valence-corrected chi connectivity index (χ1v) is 5.70. The zero-order chi connectivity index (χ0) is 12.4. The van der Waals surface area contributed by atoms with Crippen LogP contribution in [-0.4, -0.2) is 40.1 Å². The van der Waals surface area contributed by atoms with E-state index in [4.69, 9.17) is 9.84 Å². The van der Waals surface area contributed by atoms with Crippen LogP contribution in [0.5, 0.6) is 0 Å². The van der Waals surface area contributed by atoms with Crippen LogP contribution < -0.4 is 5.32 Å². The number of aromatic carboxylic acids is 1. The molecule has 17 heavy (non-hydrogen) atoms. The lowest BCUT2D eigenvalue weighted by molar-refractivity contribution is 0.0695. The summed E-state index contributed by atoms with van der Waals surface area (Å²) in [6.45, 7) is 3.10. The van der Waals surface area contributed by atoms with E-state index in [2.05, 4.69) is 10.4 Å². The predicted molar refractivity (Wildman–Crippen MR) is 62.4 cm³/mol. The Kier molecular flexibility index (Phi) is 3.33. The number of carbonyl (C=O) groups is 1. The monoisotopic (exact) mass is 239 g/mol. The highest BCUT2D eigenvalue weighted by atomic mass is 16.5. The van der Waals surface area contributed by atoms with Crippen molar-refractivity contribution in [2.24, 2.45) is 7.05 Å². The quantitative estimate of drug-likeness (QED) is 0.823. The number of ether oxygens (including phenoxy) is 1. The maximum absolute atomic E-state index is 11.2. The maximum Gasteiger partial charge on any atom is 0.341 e. The second-order valence-corrected chi connectivity index (χ2v) is 4.30. The maximum atomic E-state index is 11.2. The molecule has 1 aromatic heterocycles. The summed E-state index contributed by atoms with van der Waals surface area (Å²) in [4.78, 5) is 11.2. The normalized spacial score (nSPS) is 20.2. The van der Waals surface area contributed by atoms with Crippen molar-refractivity contribution in [1.82, 2.24) is 9.78 Å². The molecule has 0 bridgehead atoms. The smallest absolute Gasteiger partial charge is 0.341 e. The van der Waals surface area contributed by atoms with Gasteiger partial charge < -0.3 is 15.2 Å². The first kappa shape index (κ1) is 11.9. The van der Waals surface area contributed by atoms with Crippen molar-refractivity contribution in [2.45, 2.75) is 25.8 Å². The van der Waals surface area contributed by atoms with Crippen LogP contribution in [0.3, 0.4) is 0 Å².